The zero-order valence-corrected chi connectivity index (χ0v) is 16.6. The van der Waals surface area contributed by atoms with Crippen molar-refractivity contribution in [2.45, 2.75) is 116 Å². The van der Waals surface area contributed by atoms with E-state index in [0.29, 0.717) is 12.2 Å². The molecule has 1 saturated heterocycles. The SMILES string of the molecule is CCCCCCCCCCC/C(O)=C/[C@H]1OC(=O)[C@@H]1CCCCCC. The Morgan fingerprint density at radius 3 is 1.96 bits per heavy atom. The summed E-state index contributed by atoms with van der Waals surface area (Å²) in [5.41, 5.74) is 0. The average Bonchev–Trinajstić information content (AvgIpc) is 2.59. The van der Waals surface area contributed by atoms with Gasteiger partial charge in [0.25, 0.3) is 0 Å². The Labute approximate surface area is 155 Å². The Kier molecular flexibility index (Phi) is 12.5. The molecule has 3 nitrogen and oxygen atoms in total. The summed E-state index contributed by atoms with van der Waals surface area (Å²) in [7, 11) is 0. The third-order valence-corrected chi connectivity index (χ3v) is 5.21. The first-order valence-corrected chi connectivity index (χ1v) is 10.8. The van der Waals surface area contributed by atoms with Crippen molar-refractivity contribution in [2.75, 3.05) is 0 Å². The van der Waals surface area contributed by atoms with E-state index in [2.05, 4.69) is 13.8 Å². The van der Waals surface area contributed by atoms with Gasteiger partial charge in [0.15, 0.2) is 0 Å². The summed E-state index contributed by atoms with van der Waals surface area (Å²) >= 11 is 0. The zero-order chi connectivity index (χ0) is 18.3. The van der Waals surface area contributed by atoms with Crippen molar-refractivity contribution in [3.8, 4) is 0 Å². The Balaban J connectivity index is 2.07. The van der Waals surface area contributed by atoms with E-state index in [1.165, 1.54) is 70.6 Å². The van der Waals surface area contributed by atoms with Gasteiger partial charge in [-0.15, -0.1) is 0 Å². The maximum Gasteiger partial charge on any atom is 0.313 e. The van der Waals surface area contributed by atoms with E-state index >= 15 is 0 Å². The summed E-state index contributed by atoms with van der Waals surface area (Å²) in [6.45, 7) is 4.44. The number of aliphatic hydroxyl groups is 1. The molecule has 0 aromatic rings. The van der Waals surface area contributed by atoms with Crippen LogP contribution in [-0.4, -0.2) is 17.2 Å². The van der Waals surface area contributed by atoms with Gasteiger partial charge in [-0.3, -0.25) is 4.79 Å². The van der Waals surface area contributed by atoms with Gasteiger partial charge in [0.2, 0.25) is 0 Å². The highest BCUT2D eigenvalue weighted by atomic mass is 16.6. The Morgan fingerprint density at radius 1 is 0.880 bits per heavy atom. The number of rotatable bonds is 16. The van der Waals surface area contributed by atoms with Crippen LogP contribution in [0.15, 0.2) is 11.8 Å². The number of cyclic esters (lactones) is 1. The number of carbonyl (C=O) groups is 1. The number of hydrogen-bond donors (Lipinski definition) is 1. The molecular weight excluding hydrogens is 312 g/mol. The first-order valence-electron chi connectivity index (χ1n) is 10.8. The van der Waals surface area contributed by atoms with Crippen LogP contribution in [0.4, 0.5) is 0 Å². The van der Waals surface area contributed by atoms with Crippen LogP contribution in [0.2, 0.25) is 0 Å². The summed E-state index contributed by atoms with van der Waals surface area (Å²) in [5, 5.41) is 10.1. The minimum Gasteiger partial charge on any atom is -0.513 e. The third-order valence-electron chi connectivity index (χ3n) is 5.21. The number of aliphatic hydroxyl groups excluding tert-OH is 1. The van der Waals surface area contributed by atoms with Crippen molar-refractivity contribution < 1.29 is 14.6 Å². The fraction of sp³-hybridized carbons (Fsp3) is 0.864. The molecule has 2 atom stereocenters. The summed E-state index contributed by atoms with van der Waals surface area (Å²) in [5.74, 6) is 0.287. The number of esters is 1. The van der Waals surface area contributed by atoms with Crippen molar-refractivity contribution >= 4 is 5.97 Å². The highest BCUT2D eigenvalue weighted by Gasteiger charge is 2.40. The van der Waals surface area contributed by atoms with E-state index in [1.807, 2.05) is 0 Å². The number of allylic oxidation sites excluding steroid dienone is 1. The highest BCUT2D eigenvalue weighted by molar-refractivity contribution is 5.79. The van der Waals surface area contributed by atoms with Gasteiger partial charge in [0.05, 0.1) is 11.7 Å². The molecule has 146 valence electrons. The molecule has 0 aliphatic carbocycles. The van der Waals surface area contributed by atoms with Crippen molar-refractivity contribution in [3.05, 3.63) is 11.8 Å². The molecule has 1 N–H and O–H groups in total. The lowest BCUT2D eigenvalue weighted by atomic mass is 9.90. The lowest BCUT2D eigenvalue weighted by molar-refractivity contribution is -0.179. The van der Waals surface area contributed by atoms with Crippen LogP contribution < -0.4 is 0 Å². The van der Waals surface area contributed by atoms with Gasteiger partial charge in [-0.25, -0.2) is 0 Å². The normalized spacial score (nSPS) is 20.4. The zero-order valence-electron chi connectivity index (χ0n) is 16.6. The van der Waals surface area contributed by atoms with Crippen LogP contribution in [0, 0.1) is 5.92 Å². The van der Waals surface area contributed by atoms with Crippen LogP contribution >= 0.6 is 0 Å². The maximum absolute atomic E-state index is 11.6. The maximum atomic E-state index is 11.6. The molecule has 1 aliphatic rings. The Morgan fingerprint density at radius 2 is 1.40 bits per heavy atom. The summed E-state index contributed by atoms with van der Waals surface area (Å²) in [6, 6.07) is 0. The van der Waals surface area contributed by atoms with Crippen LogP contribution in [0.25, 0.3) is 0 Å². The molecule has 0 aromatic heterocycles. The molecule has 0 bridgehead atoms. The van der Waals surface area contributed by atoms with Crippen LogP contribution in [0.3, 0.4) is 0 Å². The number of carbonyl (C=O) groups excluding carboxylic acids is 1. The van der Waals surface area contributed by atoms with Gasteiger partial charge in [0.1, 0.15) is 6.10 Å². The molecule has 1 aliphatic heterocycles. The van der Waals surface area contributed by atoms with E-state index in [-0.39, 0.29) is 18.0 Å². The molecule has 0 radical (unpaired) electrons. The standard InChI is InChI=1S/C22H40O3/c1-3-5-7-9-10-11-12-13-14-16-19(23)18-21-20(22(24)25-21)17-15-8-6-4-2/h18,20-21,23H,3-17H2,1-2H3/b19-18-/t20-,21-/m1/s1. The van der Waals surface area contributed by atoms with Crippen molar-refractivity contribution in [2.24, 2.45) is 5.92 Å². The van der Waals surface area contributed by atoms with E-state index in [0.717, 1.165) is 19.3 Å². The molecule has 0 aromatic carbocycles. The molecule has 0 unspecified atom stereocenters. The number of ether oxygens (including phenoxy) is 1. The lowest BCUT2D eigenvalue weighted by Gasteiger charge is -2.33. The summed E-state index contributed by atoms with van der Waals surface area (Å²) in [4.78, 5) is 11.6. The Bertz CT molecular complexity index is 375. The van der Waals surface area contributed by atoms with Gasteiger partial charge < -0.3 is 9.84 Å². The summed E-state index contributed by atoms with van der Waals surface area (Å²) in [6.07, 6.45) is 19.4. The van der Waals surface area contributed by atoms with Crippen molar-refractivity contribution in [3.63, 3.8) is 0 Å². The second-order valence-electron chi connectivity index (χ2n) is 7.59. The van der Waals surface area contributed by atoms with Gasteiger partial charge in [-0.2, -0.15) is 0 Å². The largest absolute Gasteiger partial charge is 0.513 e. The smallest absolute Gasteiger partial charge is 0.313 e. The molecule has 1 fully saturated rings. The van der Waals surface area contributed by atoms with E-state index < -0.39 is 0 Å². The van der Waals surface area contributed by atoms with Gasteiger partial charge in [0, 0.05) is 6.42 Å². The van der Waals surface area contributed by atoms with Gasteiger partial charge in [-0.1, -0.05) is 90.9 Å². The topological polar surface area (TPSA) is 46.5 Å². The first kappa shape index (κ1) is 22.1. The predicted octanol–water partition coefficient (Wildman–Crippen LogP) is 6.86. The van der Waals surface area contributed by atoms with Crippen LogP contribution in [-0.2, 0) is 9.53 Å². The van der Waals surface area contributed by atoms with E-state index in [9.17, 15) is 9.90 Å². The molecular formula is C22H40O3. The highest BCUT2D eigenvalue weighted by Crippen LogP contribution is 2.30. The molecule has 25 heavy (non-hydrogen) atoms. The second-order valence-corrected chi connectivity index (χ2v) is 7.59. The minimum atomic E-state index is -0.187. The fourth-order valence-electron chi connectivity index (χ4n) is 3.48. The van der Waals surface area contributed by atoms with Gasteiger partial charge >= 0.3 is 5.97 Å². The van der Waals surface area contributed by atoms with E-state index in [4.69, 9.17) is 4.74 Å². The lowest BCUT2D eigenvalue weighted by Crippen LogP contribution is -2.44. The molecule has 0 amide bonds. The van der Waals surface area contributed by atoms with E-state index in [1.54, 1.807) is 6.08 Å². The average molecular weight is 353 g/mol. The monoisotopic (exact) mass is 352 g/mol. The van der Waals surface area contributed by atoms with Crippen molar-refractivity contribution in [1.82, 2.24) is 0 Å². The third kappa shape index (κ3) is 9.91. The molecule has 0 spiro atoms. The molecule has 1 heterocycles. The molecule has 3 heteroatoms. The molecule has 0 saturated carbocycles. The minimum absolute atomic E-state index is 0.0258. The van der Waals surface area contributed by atoms with Crippen LogP contribution in [0.1, 0.15) is 110 Å². The Hall–Kier alpha value is -0.990. The first-order chi connectivity index (χ1) is 12.2. The summed E-state index contributed by atoms with van der Waals surface area (Å²) < 4.78 is 5.20. The van der Waals surface area contributed by atoms with Gasteiger partial charge in [-0.05, 0) is 18.9 Å². The van der Waals surface area contributed by atoms with Crippen molar-refractivity contribution in [1.29, 1.82) is 0 Å². The molecule has 1 rings (SSSR count). The number of unbranched alkanes of at least 4 members (excludes halogenated alkanes) is 11. The fourth-order valence-corrected chi connectivity index (χ4v) is 3.48. The quantitative estimate of drug-likeness (QED) is 0.187. The van der Waals surface area contributed by atoms with Crippen LogP contribution in [0.5, 0.6) is 0 Å². The predicted molar refractivity (Wildman–Crippen MR) is 105 cm³/mol. The second kappa shape index (κ2) is 14.2. The number of hydrogen-bond acceptors (Lipinski definition) is 3.